The number of aliphatic carboxylic acids is 1. The van der Waals surface area contributed by atoms with E-state index >= 15 is 0 Å². The zero-order chi connectivity index (χ0) is 27.1. The molecule has 13 nitrogen and oxygen atoms in total. The van der Waals surface area contributed by atoms with Crippen molar-refractivity contribution in [1.82, 2.24) is 10.6 Å². The third kappa shape index (κ3) is 10.1. The number of amides is 2. The van der Waals surface area contributed by atoms with Gasteiger partial charge in [-0.2, -0.15) is 0 Å². The molecule has 0 unspecified atom stereocenters. The highest BCUT2D eigenvalue weighted by molar-refractivity contribution is 6.01. The van der Waals surface area contributed by atoms with Crippen LogP contribution in [0.3, 0.4) is 0 Å². The molecule has 2 amide bonds. The van der Waals surface area contributed by atoms with E-state index in [9.17, 15) is 29.7 Å². The topological polar surface area (TPSA) is 185 Å². The van der Waals surface area contributed by atoms with Gasteiger partial charge in [0.25, 0.3) is 0 Å². The van der Waals surface area contributed by atoms with E-state index in [4.69, 9.17) is 18.9 Å². The number of nitrogens with zero attached hydrogens (tertiary/aromatic N) is 1. The van der Waals surface area contributed by atoms with Gasteiger partial charge in [0.15, 0.2) is 0 Å². The average molecular weight is 504 g/mol. The van der Waals surface area contributed by atoms with E-state index < -0.39 is 72.0 Å². The Morgan fingerprint density at radius 2 is 1.57 bits per heavy atom. The second-order valence-electron chi connectivity index (χ2n) is 9.95. The number of guanidine groups is 1. The summed E-state index contributed by atoms with van der Waals surface area (Å²) in [6.45, 7) is 10.9. The Kier molecular flexibility index (Phi) is 10.5. The Morgan fingerprint density at radius 3 is 1.94 bits per heavy atom. The van der Waals surface area contributed by atoms with Crippen LogP contribution in [0, 0.1) is 5.92 Å². The molecule has 0 aliphatic carbocycles. The molecule has 5 atom stereocenters. The molecule has 0 aromatic rings. The SMILES string of the molecule is CO[C@@H]([C@@H]1OC(C(=O)O)=C[C@H](N=C(NC(=O)OC(C)(C)C)NC(=O)OC(C)(C)C)[C@H]1C)[C@H](O)CO. The lowest BCUT2D eigenvalue weighted by molar-refractivity contribution is -0.150. The highest BCUT2D eigenvalue weighted by Crippen LogP contribution is 2.30. The summed E-state index contributed by atoms with van der Waals surface area (Å²) in [5.74, 6) is -2.89. The Hall–Kier alpha value is -2.90. The van der Waals surface area contributed by atoms with E-state index in [1.165, 1.54) is 13.2 Å². The molecule has 0 bridgehead atoms. The largest absolute Gasteiger partial charge is 0.480 e. The number of carbonyl (C=O) groups is 3. The number of carboxylic acids is 1. The number of methoxy groups -OCH3 is 1. The number of hydrogen-bond donors (Lipinski definition) is 5. The summed E-state index contributed by atoms with van der Waals surface area (Å²) in [7, 11) is 1.27. The molecule has 1 rings (SSSR count). The third-order valence-corrected chi connectivity index (χ3v) is 4.53. The average Bonchev–Trinajstić information content (AvgIpc) is 2.67. The molecule has 0 fully saturated rings. The first-order valence-electron chi connectivity index (χ1n) is 11.0. The number of rotatable bonds is 6. The standard InChI is InChI=1S/C22H37N3O10/c1-11-12(9-14(17(28)29)33-15(11)16(32-8)13(27)10-26)23-18(24-19(30)34-21(2,3)4)25-20(31)35-22(5,6)7/h9,11-13,15-16,26-27H,10H2,1-8H3,(H,28,29)(H2,23,24,25,30,31)/t11-,12+,13-,15-,16-/m1/s1. The highest BCUT2D eigenvalue weighted by atomic mass is 16.6. The Morgan fingerprint density at radius 1 is 1.09 bits per heavy atom. The summed E-state index contributed by atoms with van der Waals surface area (Å²) in [6.07, 6.45) is -4.17. The van der Waals surface area contributed by atoms with Crippen LogP contribution in [0.25, 0.3) is 0 Å². The number of carbonyl (C=O) groups excluding carboxylic acids is 2. The Balaban J connectivity index is 3.40. The van der Waals surface area contributed by atoms with E-state index in [0.717, 1.165) is 0 Å². The maximum Gasteiger partial charge on any atom is 0.414 e. The van der Waals surface area contributed by atoms with Crippen LogP contribution in [0.15, 0.2) is 16.8 Å². The monoisotopic (exact) mass is 503 g/mol. The zero-order valence-electron chi connectivity index (χ0n) is 21.3. The van der Waals surface area contributed by atoms with E-state index in [0.29, 0.717) is 0 Å². The minimum atomic E-state index is -1.41. The van der Waals surface area contributed by atoms with Crippen LogP contribution in [0.1, 0.15) is 48.5 Å². The van der Waals surface area contributed by atoms with Crippen molar-refractivity contribution < 1.29 is 48.7 Å². The summed E-state index contributed by atoms with van der Waals surface area (Å²) in [4.78, 5) is 40.7. The number of aliphatic imine (C=N–C) groups is 1. The normalized spacial score (nSPS) is 22.0. The Bertz CT molecular complexity index is 796. The number of ether oxygens (including phenoxy) is 4. The van der Waals surface area contributed by atoms with Gasteiger partial charge in [0.2, 0.25) is 11.7 Å². The first-order chi connectivity index (χ1) is 16.0. The molecule has 0 saturated carbocycles. The van der Waals surface area contributed by atoms with Crippen molar-refractivity contribution in [1.29, 1.82) is 0 Å². The zero-order valence-corrected chi connectivity index (χ0v) is 21.3. The lowest BCUT2D eigenvalue weighted by Crippen LogP contribution is -2.51. The fourth-order valence-electron chi connectivity index (χ4n) is 3.10. The van der Waals surface area contributed by atoms with Crippen LogP contribution >= 0.6 is 0 Å². The second-order valence-corrected chi connectivity index (χ2v) is 9.95. The Labute approximate surface area is 204 Å². The van der Waals surface area contributed by atoms with Gasteiger partial charge < -0.3 is 34.3 Å². The summed E-state index contributed by atoms with van der Waals surface area (Å²) in [5.41, 5.74) is -1.69. The predicted molar refractivity (Wildman–Crippen MR) is 124 cm³/mol. The molecular weight excluding hydrogens is 466 g/mol. The van der Waals surface area contributed by atoms with Crippen molar-refractivity contribution in [2.24, 2.45) is 10.9 Å². The highest BCUT2D eigenvalue weighted by Gasteiger charge is 2.42. The van der Waals surface area contributed by atoms with Crippen molar-refractivity contribution >= 4 is 24.1 Å². The van der Waals surface area contributed by atoms with Crippen molar-refractivity contribution in [2.45, 2.75) is 84.0 Å². The molecule has 13 heteroatoms. The molecule has 1 aliphatic heterocycles. The molecule has 0 spiro atoms. The summed E-state index contributed by atoms with van der Waals surface area (Å²) >= 11 is 0. The fraction of sp³-hybridized carbons (Fsp3) is 0.727. The summed E-state index contributed by atoms with van der Waals surface area (Å²) < 4.78 is 21.2. The maximum absolute atomic E-state index is 12.4. The van der Waals surface area contributed by atoms with E-state index in [1.54, 1.807) is 48.5 Å². The molecule has 1 heterocycles. The molecule has 35 heavy (non-hydrogen) atoms. The van der Waals surface area contributed by atoms with Gasteiger partial charge in [-0.3, -0.25) is 10.6 Å². The minimum absolute atomic E-state index is 0.358. The predicted octanol–water partition coefficient (Wildman–Crippen LogP) is 1.13. The van der Waals surface area contributed by atoms with Crippen LogP contribution in [-0.4, -0.2) is 88.7 Å². The fourth-order valence-corrected chi connectivity index (χ4v) is 3.10. The van der Waals surface area contributed by atoms with Gasteiger partial charge in [0.1, 0.15) is 29.5 Å². The number of carboxylic acid groups (broad SMARTS) is 1. The second kappa shape index (κ2) is 12.2. The lowest BCUT2D eigenvalue weighted by Gasteiger charge is -2.38. The van der Waals surface area contributed by atoms with Crippen LogP contribution < -0.4 is 10.6 Å². The first-order valence-corrected chi connectivity index (χ1v) is 11.0. The van der Waals surface area contributed by atoms with Crippen LogP contribution in [0.4, 0.5) is 9.59 Å². The third-order valence-electron chi connectivity index (χ3n) is 4.53. The molecule has 0 radical (unpaired) electrons. The molecular formula is C22H37N3O10. The van der Waals surface area contributed by atoms with Gasteiger partial charge in [-0.1, -0.05) is 6.92 Å². The summed E-state index contributed by atoms with van der Waals surface area (Å²) in [6, 6.07) is -0.969. The van der Waals surface area contributed by atoms with E-state index in [1.807, 2.05) is 0 Å². The first kappa shape index (κ1) is 30.1. The van der Waals surface area contributed by atoms with Crippen LogP contribution in [0.2, 0.25) is 0 Å². The molecule has 200 valence electrons. The van der Waals surface area contributed by atoms with Crippen molar-refractivity contribution in [3.8, 4) is 0 Å². The summed E-state index contributed by atoms with van der Waals surface area (Å²) in [5, 5.41) is 33.7. The van der Waals surface area contributed by atoms with E-state index in [-0.39, 0.29) is 5.96 Å². The molecule has 5 N–H and O–H groups in total. The molecule has 0 aromatic heterocycles. The maximum atomic E-state index is 12.4. The quantitative estimate of drug-likeness (QED) is 0.260. The van der Waals surface area contributed by atoms with Crippen molar-refractivity contribution in [3.63, 3.8) is 0 Å². The number of aliphatic hydroxyl groups excluding tert-OH is 2. The smallest absolute Gasteiger partial charge is 0.414 e. The van der Waals surface area contributed by atoms with Gasteiger partial charge in [0.05, 0.1) is 12.6 Å². The van der Waals surface area contributed by atoms with Gasteiger partial charge in [-0.05, 0) is 47.6 Å². The number of alkyl carbamates (subject to hydrolysis) is 2. The molecule has 0 aromatic carbocycles. The number of nitrogens with one attached hydrogen (secondary N) is 2. The van der Waals surface area contributed by atoms with Crippen LogP contribution in [-0.2, 0) is 23.7 Å². The number of aliphatic hydroxyl groups is 2. The number of hydrogen-bond acceptors (Lipinski definition) is 10. The van der Waals surface area contributed by atoms with Crippen LogP contribution in [0.5, 0.6) is 0 Å². The molecule has 1 aliphatic rings. The van der Waals surface area contributed by atoms with Crippen molar-refractivity contribution in [2.75, 3.05) is 13.7 Å². The van der Waals surface area contributed by atoms with E-state index in [2.05, 4.69) is 15.6 Å². The lowest BCUT2D eigenvalue weighted by atomic mass is 9.87. The minimum Gasteiger partial charge on any atom is -0.480 e. The van der Waals surface area contributed by atoms with Gasteiger partial charge in [-0.15, -0.1) is 0 Å². The molecule has 0 saturated heterocycles. The van der Waals surface area contributed by atoms with Crippen molar-refractivity contribution in [3.05, 3.63) is 11.8 Å². The van der Waals surface area contributed by atoms with Gasteiger partial charge >= 0.3 is 18.2 Å². The van der Waals surface area contributed by atoms with Gasteiger partial charge in [-0.25, -0.2) is 19.4 Å². The van der Waals surface area contributed by atoms with Gasteiger partial charge in [0, 0.05) is 13.0 Å².